The van der Waals surface area contributed by atoms with Crippen molar-refractivity contribution in [2.45, 2.75) is 4.90 Å². The Labute approximate surface area is 103 Å². The highest BCUT2D eigenvalue weighted by molar-refractivity contribution is 8.15. The van der Waals surface area contributed by atoms with E-state index in [1.165, 1.54) is 11.8 Å². The quantitative estimate of drug-likeness (QED) is 0.497. The van der Waals surface area contributed by atoms with Crippen LogP contribution in [-0.2, 0) is 0 Å². The number of thiol groups is 1. The van der Waals surface area contributed by atoms with Gasteiger partial charge in [-0.2, -0.15) is 10.5 Å². The number of hydrogen-bond acceptors (Lipinski definition) is 4. The first-order chi connectivity index (χ1) is 7.17. The molecule has 0 unspecified atom stereocenters. The summed E-state index contributed by atoms with van der Waals surface area (Å²) in [4.78, 5) is 0.882. The van der Waals surface area contributed by atoms with Gasteiger partial charge in [-0.1, -0.05) is 23.4 Å². The minimum atomic E-state index is 0.0123. The number of rotatable bonds is 2. The molecule has 0 fully saturated rings. The summed E-state index contributed by atoms with van der Waals surface area (Å²) in [7, 11) is 0. The molecule has 1 aromatic rings. The fourth-order valence-corrected chi connectivity index (χ4v) is 2.02. The normalized spacial score (nSPS) is 8.80. The van der Waals surface area contributed by atoms with Crippen molar-refractivity contribution in [1.82, 2.24) is 0 Å². The zero-order chi connectivity index (χ0) is 11.3. The van der Waals surface area contributed by atoms with E-state index in [-0.39, 0.29) is 5.57 Å². The fraction of sp³-hybridized carbons (Fsp3) is 0. The van der Waals surface area contributed by atoms with Gasteiger partial charge in [0, 0.05) is 9.92 Å². The first kappa shape index (κ1) is 12.0. The second kappa shape index (κ2) is 5.72. The lowest BCUT2D eigenvalue weighted by Gasteiger charge is -2.00. The molecule has 74 valence electrons. The van der Waals surface area contributed by atoms with Gasteiger partial charge < -0.3 is 0 Å². The van der Waals surface area contributed by atoms with E-state index in [2.05, 4.69) is 12.6 Å². The molecule has 1 aromatic carbocycles. The Kier molecular flexibility index (Phi) is 4.58. The number of halogens is 1. The molecular weight excluding hydrogens is 248 g/mol. The van der Waals surface area contributed by atoms with Gasteiger partial charge in [0.2, 0.25) is 0 Å². The largest absolute Gasteiger partial charge is 0.192 e. The summed E-state index contributed by atoms with van der Waals surface area (Å²) in [5, 5.41) is 17.9. The maximum absolute atomic E-state index is 8.60. The number of allylic oxidation sites excluding steroid dienone is 1. The molecule has 0 radical (unpaired) electrons. The zero-order valence-corrected chi connectivity index (χ0v) is 9.90. The summed E-state index contributed by atoms with van der Waals surface area (Å²) >= 11 is 11.1. The van der Waals surface area contributed by atoms with Crippen LogP contribution in [0.15, 0.2) is 39.0 Å². The predicted molar refractivity (Wildman–Crippen MR) is 64.5 cm³/mol. The van der Waals surface area contributed by atoms with Crippen molar-refractivity contribution in [2.75, 3.05) is 0 Å². The van der Waals surface area contributed by atoms with Gasteiger partial charge >= 0.3 is 0 Å². The van der Waals surface area contributed by atoms with E-state index in [1.807, 2.05) is 0 Å². The Hall–Kier alpha value is -1.07. The molecular formula is C10H5ClN2S2. The molecule has 0 saturated heterocycles. The molecule has 5 heteroatoms. The Morgan fingerprint density at radius 2 is 1.73 bits per heavy atom. The van der Waals surface area contributed by atoms with E-state index in [4.69, 9.17) is 22.1 Å². The number of nitriles is 2. The summed E-state index contributed by atoms with van der Waals surface area (Å²) in [5.74, 6) is 0. The van der Waals surface area contributed by atoms with Gasteiger partial charge in [0.05, 0.1) is 4.24 Å². The lowest BCUT2D eigenvalue weighted by molar-refractivity contribution is 1.46. The fourth-order valence-electron chi connectivity index (χ4n) is 0.786. The third-order valence-electron chi connectivity index (χ3n) is 1.47. The third-order valence-corrected chi connectivity index (χ3v) is 3.12. The van der Waals surface area contributed by atoms with Crippen LogP contribution in [0.2, 0.25) is 5.02 Å². The molecule has 0 bridgehead atoms. The topological polar surface area (TPSA) is 47.6 Å². The van der Waals surface area contributed by atoms with E-state index < -0.39 is 0 Å². The van der Waals surface area contributed by atoms with Crippen LogP contribution < -0.4 is 0 Å². The van der Waals surface area contributed by atoms with E-state index >= 15 is 0 Å². The van der Waals surface area contributed by atoms with Gasteiger partial charge in [-0.05, 0) is 24.3 Å². The van der Waals surface area contributed by atoms with Crippen molar-refractivity contribution in [3.8, 4) is 12.1 Å². The van der Waals surface area contributed by atoms with Gasteiger partial charge in [0.25, 0.3) is 0 Å². The lowest BCUT2D eigenvalue weighted by atomic mass is 10.4. The van der Waals surface area contributed by atoms with Crippen molar-refractivity contribution < 1.29 is 0 Å². The van der Waals surface area contributed by atoms with Crippen LogP contribution in [0.3, 0.4) is 0 Å². The molecule has 0 aliphatic heterocycles. The van der Waals surface area contributed by atoms with Crippen LogP contribution in [0.25, 0.3) is 0 Å². The van der Waals surface area contributed by atoms with Crippen molar-refractivity contribution in [3.05, 3.63) is 39.1 Å². The molecule has 0 atom stereocenters. The van der Waals surface area contributed by atoms with Crippen LogP contribution >= 0.6 is 36.0 Å². The summed E-state index contributed by atoms with van der Waals surface area (Å²) < 4.78 is 0.391. The van der Waals surface area contributed by atoms with E-state index in [9.17, 15) is 0 Å². The van der Waals surface area contributed by atoms with Crippen LogP contribution in [0, 0.1) is 22.7 Å². The maximum Gasteiger partial charge on any atom is 0.149 e. The molecule has 0 aliphatic rings. The van der Waals surface area contributed by atoms with Gasteiger partial charge in [-0.15, -0.1) is 12.6 Å². The highest BCUT2D eigenvalue weighted by Crippen LogP contribution is 2.31. The lowest BCUT2D eigenvalue weighted by Crippen LogP contribution is -1.76. The Bertz CT molecular complexity index is 450. The third kappa shape index (κ3) is 3.53. The monoisotopic (exact) mass is 252 g/mol. The molecule has 0 heterocycles. The van der Waals surface area contributed by atoms with Crippen LogP contribution in [0.4, 0.5) is 0 Å². The predicted octanol–water partition coefficient (Wildman–Crippen LogP) is 3.62. The second-order valence-electron chi connectivity index (χ2n) is 2.46. The Morgan fingerprint density at radius 3 is 2.20 bits per heavy atom. The number of nitrogens with zero attached hydrogens (tertiary/aromatic N) is 2. The van der Waals surface area contributed by atoms with Gasteiger partial charge in [-0.3, -0.25) is 0 Å². The molecule has 0 aromatic heterocycles. The molecule has 15 heavy (non-hydrogen) atoms. The molecule has 2 nitrogen and oxygen atoms in total. The molecule has 0 N–H and O–H groups in total. The first-order valence-electron chi connectivity index (χ1n) is 3.84. The first-order valence-corrected chi connectivity index (χ1v) is 5.48. The number of thioether (sulfide) groups is 1. The molecule has 1 rings (SSSR count). The van der Waals surface area contributed by atoms with Crippen LogP contribution in [0.5, 0.6) is 0 Å². The summed E-state index contributed by atoms with van der Waals surface area (Å²) in [6, 6.07) is 10.6. The van der Waals surface area contributed by atoms with Crippen molar-refractivity contribution in [3.63, 3.8) is 0 Å². The average Bonchev–Trinajstić information content (AvgIpc) is 2.23. The minimum Gasteiger partial charge on any atom is -0.192 e. The standard InChI is InChI=1S/C10H5ClN2S2/c11-8-1-3-9(4-2-8)15-10(14)7(5-12)6-13/h1-4,14H. The minimum absolute atomic E-state index is 0.0123. The number of hydrogen-bond donors (Lipinski definition) is 1. The smallest absolute Gasteiger partial charge is 0.149 e. The van der Waals surface area contributed by atoms with E-state index in [1.54, 1.807) is 36.4 Å². The second-order valence-corrected chi connectivity index (χ2v) is 4.73. The van der Waals surface area contributed by atoms with E-state index in [0.29, 0.717) is 9.26 Å². The summed E-state index contributed by atoms with van der Waals surface area (Å²) in [6.45, 7) is 0. The molecule has 0 saturated carbocycles. The SMILES string of the molecule is N#CC(C#N)=C(S)Sc1ccc(Cl)cc1. The van der Waals surface area contributed by atoms with Gasteiger partial charge in [0.15, 0.2) is 0 Å². The van der Waals surface area contributed by atoms with Gasteiger partial charge in [-0.25, -0.2) is 0 Å². The molecule has 0 aliphatic carbocycles. The Morgan fingerprint density at radius 1 is 1.20 bits per heavy atom. The van der Waals surface area contributed by atoms with Crippen molar-refractivity contribution in [2.24, 2.45) is 0 Å². The van der Waals surface area contributed by atoms with Gasteiger partial charge in [0.1, 0.15) is 17.7 Å². The molecule has 0 spiro atoms. The maximum atomic E-state index is 8.60. The summed E-state index contributed by atoms with van der Waals surface area (Å²) in [5.41, 5.74) is 0.0123. The van der Waals surface area contributed by atoms with Crippen molar-refractivity contribution in [1.29, 1.82) is 10.5 Å². The average molecular weight is 253 g/mol. The highest BCUT2D eigenvalue weighted by atomic mass is 35.5. The van der Waals surface area contributed by atoms with Crippen LogP contribution in [-0.4, -0.2) is 0 Å². The summed E-state index contributed by atoms with van der Waals surface area (Å²) in [6.07, 6.45) is 0. The number of benzene rings is 1. The van der Waals surface area contributed by atoms with Crippen molar-refractivity contribution >= 4 is 36.0 Å². The molecule has 0 amide bonds. The Balaban J connectivity index is 2.89. The van der Waals surface area contributed by atoms with Crippen LogP contribution in [0.1, 0.15) is 0 Å². The highest BCUT2D eigenvalue weighted by Gasteiger charge is 2.03. The zero-order valence-electron chi connectivity index (χ0n) is 7.44. The van der Waals surface area contributed by atoms with E-state index in [0.717, 1.165) is 4.90 Å².